The van der Waals surface area contributed by atoms with Crippen LogP contribution in [0.15, 0.2) is 30.3 Å². The Morgan fingerprint density at radius 1 is 1.15 bits per heavy atom. The number of nitrogens with one attached hydrogen (secondary N) is 1. The fraction of sp³-hybridized carbons (Fsp3) is 0.412. The summed E-state index contributed by atoms with van der Waals surface area (Å²) in [6.45, 7) is 10.2. The topological polar surface area (TPSA) is 21.3 Å². The van der Waals surface area contributed by atoms with E-state index in [-0.39, 0.29) is 0 Å². The van der Waals surface area contributed by atoms with E-state index in [1.165, 1.54) is 20.9 Å². The Morgan fingerprint density at radius 2 is 1.85 bits per heavy atom. The van der Waals surface area contributed by atoms with Gasteiger partial charge in [-0.25, -0.2) is 0 Å². The van der Waals surface area contributed by atoms with Crippen LogP contribution in [-0.4, -0.2) is 12.6 Å². The number of aryl methyl sites for hydroxylation is 3. The zero-order valence-corrected chi connectivity index (χ0v) is 13.5. The van der Waals surface area contributed by atoms with E-state index in [2.05, 4.69) is 51.2 Å². The minimum Gasteiger partial charge on any atom is -0.492 e. The molecule has 0 amide bonds. The Hall–Kier alpha value is -1.32. The summed E-state index contributed by atoms with van der Waals surface area (Å²) in [5, 5.41) is 3.52. The van der Waals surface area contributed by atoms with E-state index in [9.17, 15) is 0 Å². The molecule has 2 aromatic rings. The molecular weight excluding hydrogens is 266 g/mol. The summed E-state index contributed by atoms with van der Waals surface area (Å²) in [7, 11) is 0. The molecule has 1 aromatic carbocycles. The minimum atomic E-state index is 0.330. The van der Waals surface area contributed by atoms with Crippen LogP contribution in [0, 0.1) is 20.8 Å². The summed E-state index contributed by atoms with van der Waals surface area (Å²) in [6, 6.07) is 10.8. The molecule has 0 saturated carbocycles. The predicted octanol–water partition coefficient (Wildman–Crippen LogP) is 4.23. The van der Waals surface area contributed by atoms with E-state index >= 15 is 0 Å². The van der Waals surface area contributed by atoms with Crippen LogP contribution in [0.2, 0.25) is 0 Å². The molecule has 3 heteroatoms. The van der Waals surface area contributed by atoms with Gasteiger partial charge in [-0.3, -0.25) is 0 Å². The van der Waals surface area contributed by atoms with Gasteiger partial charge in [0, 0.05) is 22.3 Å². The highest BCUT2D eigenvalue weighted by atomic mass is 32.1. The van der Waals surface area contributed by atoms with Gasteiger partial charge in [0.2, 0.25) is 0 Å². The van der Waals surface area contributed by atoms with Crippen LogP contribution in [-0.2, 0) is 6.54 Å². The molecule has 108 valence electrons. The van der Waals surface area contributed by atoms with Crippen LogP contribution in [0.4, 0.5) is 0 Å². The lowest BCUT2D eigenvalue weighted by Gasteiger charge is -2.15. The standard InChI is InChI=1S/C17H23NOS/c1-12-5-7-17(8-6-12)19-11-13(2)18-10-16-9-14(3)20-15(16)4/h5-9,13,18H,10-11H2,1-4H3. The van der Waals surface area contributed by atoms with Gasteiger partial charge < -0.3 is 10.1 Å². The minimum absolute atomic E-state index is 0.330. The average Bonchev–Trinajstić information content (AvgIpc) is 2.74. The van der Waals surface area contributed by atoms with Gasteiger partial charge in [0.05, 0.1) is 0 Å². The molecule has 1 unspecified atom stereocenters. The predicted molar refractivity (Wildman–Crippen MR) is 86.8 cm³/mol. The van der Waals surface area contributed by atoms with Gasteiger partial charge >= 0.3 is 0 Å². The van der Waals surface area contributed by atoms with Gasteiger partial charge in [-0.1, -0.05) is 17.7 Å². The molecule has 0 aliphatic heterocycles. The number of thiophene rings is 1. The van der Waals surface area contributed by atoms with Crippen molar-refractivity contribution in [1.29, 1.82) is 0 Å². The van der Waals surface area contributed by atoms with Gasteiger partial charge in [0.25, 0.3) is 0 Å². The van der Waals surface area contributed by atoms with E-state index < -0.39 is 0 Å². The molecule has 2 nitrogen and oxygen atoms in total. The molecule has 0 aliphatic carbocycles. The highest BCUT2D eigenvalue weighted by Gasteiger charge is 2.06. The number of hydrogen-bond acceptors (Lipinski definition) is 3. The molecule has 1 aromatic heterocycles. The number of ether oxygens (including phenoxy) is 1. The molecule has 0 spiro atoms. The van der Waals surface area contributed by atoms with Gasteiger partial charge in [-0.05, 0) is 51.5 Å². The van der Waals surface area contributed by atoms with Crippen molar-refractivity contribution in [2.45, 2.75) is 40.3 Å². The first-order valence-electron chi connectivity index (χ1n) is 7.03. The summed E-state index contributed by atoms with van der Waals surface area (Å²) < 4.78 is 5.79. The first-order chi connectivity index (χ1) is 9.54. The third-order valence-electron chi connectivity index (χ3n) is 3.31. The summed E-state index contributed by atoms with van der Waals surface area (Å²) in [6.07, 6.45) is 0. The summed E-state index contributed by atoms with van der Waals surface area (Å²) in [5.74, 6) is 0.937. The Labute approximate surface area is 125 Å². The monoisotopic (exact) mass is 289 g/mol. The molecule has 0 radical (unpaired) electrons. The number of hydrogen-bond donors (Lipinski definition) is 1. The van der Waals surface area contributed by atoms with Crippen molar-refractivity contribution in [2.75, 3.05) is 6.61 Å². The second kappa shape index (κ2) is 6.91. The van der Waals surface area contributed by atoms with Gasteiger partial charge in [-0.2, -0.15) is 0 Å². The maximum Gasteiger partial charge on any atom is 0.119 e. The summed E-state index contributed by atoms with van der Waals surface area (Å²) in [4.78, 5) is 2.78. The fourth-order valence-corrected chi connectivity index (χ4v) is 3.00. The highest BCUT2D eigenvalue weighted by Crippen LogP contribution is 2.20. The quantitative estimate of drug-likeness (QED) is 0.859. The van der Waals surface area contributed by atoms with Crippen molar-refractivity contribution < 1.29 is 4.74 Å². The van der Waals surface area contributed by atoms with Gasteiger partial charge in [0.1, 0.15) is 12.4 Å². The first kappa shape index (κ1) is 15.1. The van der Waals surface area contributed by atoms with Gasteiger partial charge in [0.15, 0.2) is 0 Å². The molecule has 1 N–H and O–H groups in total. The zero-order chi connectivity index (χ0) is 14.5. The lowest BCUT2D eigenvalue weighted by molar-refractivity contribution is 0.272. The van der Waals surface area contributed by atoms with Crippen LogP contribution in [0.5, 0.6) is 5.75 Å². The Morgan fingerprint density at radius 3 is 2.45 bits per heavy atom. The van der Waals surface area contributed by atoms with Crippen molar-refractivity contribution in [3.05, 3.63) is 51.2 Å². The molecule has 0 bridgehead atoms. The fourth-order valence-electron chi connectivity index (χ4n) is 2.06. The van der Waals surface area contributed by atoms with Crippen molar-refractivity contribution in [3.63, 3.8) is 0 Å². The van der Waals surface area contributed by atoms with Crippen molar-refractivity contribution in [1.82, 2.24) is 5.32 Å². The van der Waals surface area contributed by atoms with Crippen molar-refractivity contribution in [3.8, 4) is 5.75 Å². The van der Waals surface area contributed by atoms with E-state index in [0.29, 0.717) is 12.6 Å². The molecule has 20 heavy (non-hydrogen) atoms. The van der Waals surface area contributed by atoms with Crippen LogP contribution < -0.4 is 10.1 Å². The average molecular weight is 289 g/mol. The molecular formula is C17H23NOS. The highest BCUT2D eigenvalue weighted by molar-refractivity contribution is 7.12. The maximum atomic E-state index is 5.79. The molecule has 1 heterocycles. The molecule has 2 rings (SSSR count). The summed E-state index contributed by atoms with van der Waals surface area (Å²) in [5.41, 5.74) is 2.65. The van der Waals surface area contributed by atoms with Crippen LogP contribution in [0.25, 0.3) is 0 Å². The SMILES string of the molecule is Cc1ccc(OCC(C)NCc2cc(C)sc2C)cc1. The van der Waals surface area contributed by atoms with E-state index in [1.54, 1.807) is 0 Å². The Kier molecular flexibility index (Phi) is 5.21. The maximum absolute atomic E-state index is 5.79. The van der Waals surface area contributed by atoms with Crippen LogP contribution in [0.3, 0.4) is 0 Å². The van der Waals surface area contributed by atoms with Gasteiger partial charge in [-0.15, -0.1) is 11.3 Å². The lowest BCUT2D eigenvalue weighted by atomic mass is 10.2. The molecule has 0 saturated heterocycles. The number of benzene rings is 1. The van der Waals surface area contributed by atoms with Crippen LogP contribution >= 0.6 is 11.3 Å². The van der Waals surface area contributed by atoms with Crippen molar-refractivity contribution >= 4 is 11.3 Å². The molecule has 0 fully saturated rings. The van der Waals surface area contributed by atoms with E-state index in [1.807, 2.05) is 23.5 Å². The molecule has 1 atom stereocenters. The third kappa shape index (κ3) is 4.36. The Balaban J connectivity index is 1.76. The van der Waals surface area contributed by atoms with Crippen LogP contribution in [0.1, 0.15) is 27.8 Å². The van der Waals surface area contributed by atoms with E-state index in [4.69, 9.17) is 4.74 Å². The smallest absolute Gasteiger partial charge is 0.119 e. The largest absolute Gasteiger partial charge is 0.492 e. The normalized spacial score (nSPS) is 12.4. The lowest BCUT2D eigenvalue weighted by Crippen LogP contribution is -2.31. The van der Waals surface area contributed by atoms with Crippen molar-refractivity contribution in [2.24, 2.45) is 0 Å². The second-order valence-corrected chi connectivity index (χ2v) is 6.80. The zero-order valence-electron chi connectivity index (χ0n) is 12.7. The van der Waals surface area contributed by atoms with E-state index in [0.717, 1.165) is 12.3 Å². The Bertz CT molecular complexity index is 545. The third-order valence-corrected chi connectivity index (χ3v) is 4.31. The molecule has 0 aliphatic rings. The first-order valence-corrected chi connectivity index (χ1v) is 7.85. The second-order valence-electron chi connectivity index (χ2n) is 5.34. The summed E-state index contributed by atoms with van der Waals surface area (Å²) >= 11 is 1.86. The number of rotatable bonds is 6.